The van der Waals surface area contributed by atoms with Crippen LogP contribution in [0.5, 0.6) is 0 Å². The van der Waals surface area contributed by atoms with Crippen molar-refractivity contribution in [1.29, 1.82) is 0 Å². The third-order valence-corrected chi connectivity index (χ3v) is 8.28. The van der Waals surface area contributed by atoms with E-state index >= 15 is 0 Å². The summed E-state index contributed by atoms with van der Waals surface area (Å²) in [5.74, 6) is 1.03. The molecular weight excluding hydrogens is 617 g/mol. The summed E-state index contributed by atoms with van der Waals surface area (Å²) in [6.07, 6.45) is 0. The molecule has 4 aromatic rings. The predicted octanol–water partition coefficient (Wildman–Crippen LogP) is 5.77. The summed E-state index contributed by atoms with van der Waals surface area (Å²) < 4.78 is 1.21. The van der Waals surface area contributed by atoms with Crippen LogP contribution in [0.25, 0.3) is 0 Å². The first-order valence-electron chi connectivity index (χ1n) is 12.8. The first kappa shape index (κ1) is 24.8. The van der Waals surface area contributed by atoms with Gasteiger partial charge in [0.2, 0.25) is 0 Å². The van der Waals surface area contributed by atoms with E-state index in [1.54, 1.807) is 0 Å². The Morgan fingerprint density at radius 3 is 1.14 bits per heavy atom. The molecule has 0 bridgehead atoms. The van der Waals surface area contributed by atoms with E-state index in [0.717, 1.165) is 0 Å². The molecule has 0 aliphatic carbocycles. The van der Waals surface area contributed by atoms with Gasteiger partial charge in [-0.3, -0.25) is 0 Å². The molecule has 0 atom stereocenters. The Kier molecular flexibility index (Phi) is 7.35. The van der Waals surface area contributed by atoms with Crippen molar-refractivity contribution in [1.82, 2.24) is 0 Å². The van der Waals surface area contributed by atoms with Gasteiger partial charge in [-0.2, -0.15) is 0 Å². The van der Waals surface area contributed by atoms with Gasteiger partial charge in [0, 0.05) is 0 Å². The summed E-state index contributed by atoms with van der Waals surface area (Å²) in [5.41, 5.74) is 7.83. The van der Waals surface area contributed by atoms with Gasteiger partial charge in [-0.25, -0.2) is 0 Å². The van der Waals surface area contributed by atoms with Gasteiger partial charge < -0.3 is 0 Å². The molecule has 0 N–H and O–H groups in total. The molecule has 5 rings (SSSR count). The quantitative estimate of drug-likeness (QED) is 0.245. The zero-order valence-electron chi connectivity index (χ0n) is 21.4. The molecule has 0 spiro atoms. The summed E-state index contributed by atoms with van der Waals surface area (Å²) in [6, 6.07) is 40.2. The van der Waals surface area contributed by atoms with Crippen LogP contribution in [0.2, 0.25) is 0 Å². The van der Waals surface area contributed by atoms with Gasteiger partial charge in [-0.05, 0) is 0 Å². The number of benzene rings is 4. The van der Waals surface area contributed by atoms with Gasteiger partial charge in [0.25, 0.3) is 0 Å². The molecule has 1 fully saturated rings. The predicted molar refractivity (Wildman–Crippen MR) is 155 cm³/mol. The molecule has 1 saturated heterocycles. The molecule has 2 nitrogen and oxygen atoms in total. The van der Waals surface area contributed by atoms with Crippen LogP contribution in [0.3, 0.4) is 0 Å². The maximum absolute atomic E-state index is 2.53. The number of anilines is 2. The fourth-order valence-electron chi connectivity index (χ4n) is 5.13. The number of nitrogens with zero attached hydrogens (tertiary/aromatic N) is 2. The van der Waals surface area contributed by atoms with Crippen molar-refractivity contribution in [3.05, 3.63) is 120 Å². The normalized spacial score (nSPS) is 13.9. The Balaban J connectivity index is 1.71. The zero-order valence-corrected chi connectivity index (χ0v) is 23.7. The molecule has 5 heteroatoms. The SMILES string of the molecule is CC(C)c1ccc(B2B(c3ccc(C(C)C)cc3)N(c3ccccc3)[C](=[Pt])N2c2ccccc2)cc1. The van der Waals surface area contributed by atoms with Gasteiger partial charge in [0.1, 0.15) is 0 Å². The van der Waals surface area contributed by atoms with Crippen LogP contribution in [-0.2, 0) is 19.4 Å². The molecule has 0 saturated carbocycles. The number of para-hydroxylation sites is 2. The fraction of sp³-hybridized carbons (Fsp3) is 0.194. The molecule has 1 heterocycles. The second-order valence-electron chi connectivity index (χ2n) is 10.2. The second-order valence-corrected chi connectivity index (χ2v) is 11.2. The minimum atomic E-state index is 0.131. The third-order valence-electron chi connectivity index (χ3n) is 7.18. The van der Waals surface area contributed by atoms with Crippen LogP contribution < -0.4 is 20.5 Å². The van der Waals surface area contributed by atoms with Crippen molar-refractivity contribution >= 4 is 39.9 Å². The van der Waals surface area contributed by atoms with E-state index in [0.29, 0.717) is 11.8 Å². The summed E-state index contributed by atoms with van der Waals surface area (Å²) in [6.45, 7) is 9.29. The van der Waals surface area contributed by atoms with E-state index in [9.17, 15) is 0 Å². The molecule has 1 aliphatic heterocycles. The van der Waals surface area contributed by atoms with Crippen molar-refractivity contribution in [2.75, 3.05) is 9.62 Å². The van der Waals surface area contributed by atoms with E-state index in [1.165, 1.54) is 37.6 Å². The molecule has 0 aromatic heterocycles. The number of rotatable bonds is 6. The van der Waals surface area contributed by atoms with Crippen LogP contribution in [0, 0.1) is 0 Å². The first-order valence-corrected chi connectivity index (χ1v) is 14.0. The molecule has 0 radical (unpaired) electrons. The molecule has 1 aliphatic rings. The maximum atomic E-state index is 2.53. The van der Waals surface area contributed by atoms with Crippen molar-refractivity contribution in [2.45, 2.75) is 39.5 Å². The van der Waals surface area contributed by atoms with Crippen LogP contribution in [0.1, 0.15) is 50.7 Å². The van der Waals surface area contributed by atoms with Crippen LogP contribution in [0.15, 0.2) is 109 Å². The molecular formula is C31H32B2N2Pt. The van der Waals surface area contributed by atoms with E-state index in [1.807, 2.05) is 0 Å². The van der Waals surface area contributed by atoms with Crippen molar-refractivity contribution in [2.24, 2.45) is 0 Å². The fourth-order valence-corrected chi connectivity index (χ4v) is 6.34. The van der Waals surface area contributed by atoms with Gasteiger partial charge in [-0.1, -0.05) is 0 Å². The number of hydrogen-bond donors (Lipinski definition) is 0. The Bertz CT molecular complexity index is 1200. The summed E-state index contributed by atoms with van der Waals surface area (Å²) in [5, 5.41) is 0. The van der Waals surface area contributed by atoms with Gasteiger partial charge in [-0.15, -0.1) is 0 Å². The average molecular weight is 649 g/mol. The van der Waals surface area contributed by atoms with E-state index in [2.05, 4.69) is 166 Å². The zero-order chi connectivity index (χ0) is 25.2. The van der Waals surface area contributed by atoms with Crippen molar-refractivity contribution in [3.8, 4) is 0 Å². The van der Waals surface area contributed by atoms with Crippen LogP contribution in [-0.4, -0.2) is 17.6 Å². The van der Waals surface area contributed by atoms with Crippen LogP contribution in [0.4, 0.5) is 11.4 Å². The topological polar surface area (TPSA) is 6.48 Å². The van der Waals surface area contributed by atoms with E-state index in [4.69, 9.17) is 0 Å². The second kappa shape index (κ2) is 10.7. The summed E-state index contributed by atoms with van der Waals surface area (Å²) in [4.78, 5) is 5.03. The monoisotopic (exact) mass is 649 g/mol. The first-order chi connectivity index (χ1) is 17.5. The van der Waals surface area contributed by atoms with E-state index < -0.39 is 0 Å². The summed E-state index contributed by atoms with van der Waals surface area (Å²) in [7, 11) is 0. The summed E-state index contributed by atoms with van der Waals surface area (Å²) >= 11 is 2.53. The van der Waals surface area contributed by atoms with Crippen LogP contribution >= 0.6 is 0 Å². The number of hydrogen-bond acceptors (Lipinski definition) is 2. The molecule has 4 aromatic carbocycles. The average Bonchev–Trinajstić information content (AvgIpc) is 3.22. The molecule has 36 heavy (non-hydrogen) atoms. The van der Waals surface area contributed by atoms with Gasteiger partial charge in [0.05, 0.1) is 0 Å². The standard InChI is InChI=1S/C31H32B2N2.Pt/c1-24(2)26-15-19-28(20-16-26)32-33(29-21-17-27(18-22-29)25(3)4)35(31-13-9-6-10-14-31)23-34(32)30-11-7-5-8-12-30;/h5-22,24-25H,1-4H3;. The minimum absolute atomic E-state index is 0.131. The van der Waals surface area contributed by atoms with Gasteiger partial charge in [0.15, 0.2) is 0 Å². The van der Waals surface area contributed by atoms with Gasteiger partial charge >= 0.3 is 229 Å². The van der Waals surface area contributed by atoms with Crippen molar-refractivity contribution in [3.63, 3.8) is 0 Å². The van der Waals surface area contributed by atoms with E-state index in [-0.39, 0.29) is 13.5 Å². The molecule has 0 amide bonds. The Labute approximate surface area is 227 Å². The Morgan fingerprint density at radius 2 is 0.833 bits per heavy atom. The molecule has 182 valence electrons. The van der Waals surface area contributed by atoms with Crippen molar-refractivity contribution < 1.29 is 19.4 Å². The molecule has 0 unspecified atom stereocenters. The third kappa shape index (κ3) is 4.76. The Hall–Kier alpha value is -2.83. The Morgan fingerprint density at radius 1 is 0.500 bits per heavy atom.